The van der Waals surface area contributed by atoms with Gasteiger partial charge < -0.3 is 10.5 Å². The molecule has 0 aromatic carbocycles. The number of carbonyl (C=O) groups is 1. The van der Waals surface area contributed by atoms with Gasteiger partial charge in [-0.05, 0) is 19.3 Å². The molecule has 0 aromatic heterocycles. The van der Waals surface area contributed by atoms with E-state index in [-0.39, 0.29) is 11.5 Å². The van der Waals surface area contributed by atoms with Crippen molar-refractivity contribution >= 4 is 5.97 Å². The minimum Gasteiger partial charge on any atom is -0.464 e. The van der Waals surface area contributed by atoms with Crippen molar-refractivity contribution in [3.63, 3.8) is 0 Å². The third-order valence-electron chi connectivity index (χ3n) is 2.91. The summed E-state index contributed by atoms with van der Waals surface area (Å²) in [5, 5.41) is 0. The Kier molecular flexibility index (Phi) is 7.39. The van der Waals surface area contributed by atoms with Crippen LogP contribution in [0.1, 0.15) is 59.3 Å². The Morgan fingerprint density at radius 1 is 1.20 bits per heavy atom. The Morgan fingerprint density at radius 2 is 1.80 bits per heavy atom. The highest BCUT2D eigenvalue weighted by Crippen LogP contribution is 2.12. The van der Waals surface area contributed by atoms with E-state index in [0.29, 0.717) is 13.0 Å². The van der Waals surface area contributed by atoms with Gasteiger partial charge in [0.15, 0.2) is 0 Å². The van der Waals surface area contributed by atoms with Crippen molar-refractivity contribution in [1.82, 2.24) is 0 Å². The fourth-order valence-electron chi connectivity index (χ4n) is 1.27. The molecule has 0 amide bonds. The van der Waals surface area contributed by atoms with Gasteiger partial charge in [0.2, 0.25) is 0 Å². The summed E-state index contributed by atoms with van der Waals surface area (Å²) in [6.07, 6.45) is 5.34. The van der Waals surface area contributed by atoms with Gasteiger partial charge >= 0.3 is 5.97 Å². The van der Waals surface area contributed by atoms with E-state index in [4.69, 9.17) is 10.5 Å². The standard InChI is InChI=1S/C12H25NO2/c1-4-7-8-9-11(14)15-10-12(13,5-2)6-3/h4-10,13H2,1-3H3. The average molecular weight is 215 g/mol. The first-order valence-corrected chi connectivity index (χ1v) is 6.02. The lowest BCUT2D eigenvalue weighted by atomic mass is 9.96. The molecule has 0 rings (SSSR count). The second-order valence-corrected chi connectivity index (χ2v) is 4.19. The van der Waals surface area contributed by atoms with Crippen LogP contribution in [0.15, 0.2) is 0 Å². The van der Waals surface area contributed by atoms with E-state index in [1.807, 2.05) is 13.8 Å². The molecule has 3 nitrogen and oxygen atoms in total. The van der Waals surface area contributed by atoms with Gasteiger partial charge in [0.25, 0.3) is 0 Å². The normalized spacial score (nSPS) is 11.5. The Balaban J connectivity index is 3.69. The predicted molar refractivity (Wildman–Crippen MR) is 62.6 cm³/mol. The lowest BCUT2D eigenvalue weighted by Crippen LogP contribution is -2.43. The van der Waals surface area contributed by atoms with Crippen molar-refractivity contribution in [3.05, 3.63) is 0 Å². The first kappa shape index (κ1) is 14.4. The summed E-state index contributed by atoms with van der Waals surface area (Å²) in [5.41, 5.74) is 5.69. The Bertz CT molecular complexity index is 176. The van der Waals surface area contributed by atoms with Gasteiger partial charge in [-0.3, -0.25) is 4.79 Å². The average Bonchev–Trinajstić information content (AvgIpc) is 2.26. The maximum absolute atomic E-state index is 11.3. The third kappa shape index (κ3) is 6.50. The molecule has 90 valence electrons. The molecule has 0 bridgehead atoms. The topological polar surface area (TPSA) is 52.3 Å². The van der Waals surface area contributed by atoms with Crippen molar-refractivity contribution in [2.45, 2.75) is 64.8 Å². The zero-order valence-corrected chi connectivity index (χ0v) is 10.3. The summed E-state index contributed by atoms with van der Waals surface area (Å²) in [7, 11) is 0. The summed E-state index contributed by atoms with van der Waals surface area (Å²) < 4.78 is 5.17. The molecule has 0 spiro atoms. The maximum Gasteiger partial charge on any atom is 0.305 e. The monoisotopic (exact) mass is 215 g/mol. The van der Waals surface area contributed by atoms with Gasteiger partial charge in [0.05, 0.1) is 0 Å². The van der Waals surface area contributed by atoms with E-state index in [9.17, 15) is 4.79 Å². The smallest absolute Gasteiger partial charge is 0.305 e. The quantitative estimate of drug-likeness (QED) is 0.500. The van der Waals surface area contributed by atoms with Crippen LogP contribution in [-0.4, -0.2) is 18.1 Å². The molecule has 0 fully saturated rings. The number of unbranched alkanes of at least 4 members (excludes halogenated alkanes) is 2. The Labute approximate surface area is 93.4 Å². The van der Waals surface area contributed by atoms with Crippen molar-refractivity contribution in [2.24, 2.45) is 5.73 Å². The highest BCUT2D eigenvalue weighted by Gasteiger charge is 2.22. The maximum atomic E-state index is 11.3. The zero-order chi connectivity index (χ0) is 11.7. The summed E-state index contributed by atoms with van der Waals surface area (Å²) in [6.45, 7) is 6.51. The van der Waals surface area contributed by atoms with Gasteiger partial charge in [-0.2, -0.15) is 0 Å². The molecular formula is C12H25NO2. The molecule has 0 saturated carbocycles. The summed E-state index contributed by atoms with van der Waals surface area (Å²) in [5.74, 6) is -0.111. The van der Waals surface area contributed by atoms with Crippen molar-refractivity contribution in [2.75, 3.05) is 6.61 Å². The largest absolute Gasteiger partial charge is 0.464 e. The number of rotatable bonds is 8. The molecule has 0 aliphatic heterocycles. The Morgan fingerprint density at radius 3 is 2.27 bits per heavy atom. The van der Waals surface area contributed by atoms with Crippen LogP contribution in [0.2, 0.25) is 0 Å². The third-order valence-corrected chi connectivity index (χ3v) is 2.91. The predicted octanol–water partition coefficient (Wildman–Crippen LogP) is 2.63. The van der Waals surface area contributed by atoms with Gasteiger partial charge in [-0.15, -0.1) is 0 Å². The molecule has 0 heterocycles. The molecule has 0 aromatic rings. The molecule has 0 radical (unpaired) electrons. The number of hydrogen-bond acceptors (Lipinski definition) is 3. The van der Waals surface area contributed by atoms with Crippen LogP contribution in [0.4, 0.5) is 0 Å². The number of carbonyl (C=O) groups excluding carboxylic acids is 1. The molecule has 3 heteroatoms. The highest BCUT2D eigenvalue weighted by atomic mass is 16.5. The van der Waals surface area contributed by atoms with Crippen LogP contribution >= 0.6 is 0 Å². The van der Waals surface area contributed by atoms with Gasteiger partial charge in [0, 0.05) is 12.0 Å². The van der Waals surface area contributed by atoms with Crippen LogP contribution in [0.25, 0.3) is 0 Å². The molecule has 2 N–H and O–H groups in total. The van der Waals surface area contributed by atoms with Gasteiger partial charge in [-0.1, -0.05) is 33.6 Å². The minimum absolute atomic E-state index is 0.111. The molecule has 0 aliphatic carbocycles. The first-order valence-electron chi connectivity index (χ1n) is 6.02. The summed E-state index contributed by atoms with van der Waals surface area (Å²) >= 11 is 0. The van der Waals surface area contributed by atoms with Crippen LogP contribution in [0.5, 0.6) is 0 Å². The lowest BCUT2D eigenvalue weighted by Gasteiger charge is -2.25. The fourth-order valence-corrected chi connectivity index (χ4v) is 1.27. The van der Waals surface area contributed by atoms with Crippen LogP contribution < -0.4 is 5.73 Å². The summed E-state index contributed by atoms with van der Waals surface area (Å²) in [4.78, 5) is 11.3. The number of hydrogen-bond donors (Lipinski definition) is 1. The SMILES string of the molecule is CCCCCC(=O)OCC(N)(CC)CC. The van der Waals surface area contributed by atoms with Crippen molar-refractivity contribution < 1.29 is 9.53 Å². The second-order valence-electron chi connectivity index (χ2n) is 4.19. The van der Waals surface area contributed by atoms with E-state index in [1.54, 1.807) is 0 Å². The number of nitrogens with two attached hydrogens (primary N) is 1. The van der Waals surface area contributed by atoms with E-state index in [1.165, 1.54) is 0 Å². The first-order chi connectivity index (χ1) is 7.08. The van der Waals surface area contributed by atoms with E-state index in [2.05, 4.69) is 6.92 Å². The molecule has 0 aliphatic rings. The zero-order valence-electron chi connectivity index (χ0n) is 10.3. The van der Waals surface area contributed by atoms with Crippen LogP contribution in [-0.2, 0) is 9.53 Å². The molecule has 0 unspecified atom stereocenters. The number of esters is 1. The van der Waals surface area contributed by atoms with Crippen molar-refractivity contribution in [1.29, 1.82) is 0 Å². The number of ether oxygens (including phenoxy) is 1. The lowest BCUT2D eigenvalue weighted by molar-refractivity contribution is -0.145. The highest BCUT2D eigenvalue weighted by molar-refractivity contribution is 5.69. The van der Waals surface area contributed by atoms with E-state index in [0.717, 1.165) is 32.1 Å². The van der Waals surface area contributed by atoms with Crippen molar-refractivity contribution in [3.8, 4) is 0 Å². The van der Waals surface area contributed by atoms with Gasteiger partial charge in [-0.25, -0.2) is 0 Å². The van der Waals surface area contributed by atoms with Gasteiger partial charge in [0.1, 0.15) is 6.61 Å². The van der Waals surface area contributed by atoms with E-state index >= 15 is 0 Å². The molecule has 0 atom stereocenters. The Hall–Kier alpha value is -0.570. The minimum atomic E-state index is -0.333. The van der Waals surface area contributed by atoms with Crippen LogP contribution in [0, 0.1) is 0 Å². The summed E-state index contributed by atoms with van der Waals surface area (Å²) in [6, 6.07) is 0. The molecule has 15 heavy (non-hydrogen) atoms. The molecule has 0 saturated heterocycles. The molecular weight excluding hydrogens is 190 g/mol. The second kappa shape index (κ2) is 7.69. The van der Waals surface area contributed by atoms with E-state index < -0.39 is 0 Å². The fraction of sp³-hybridized carbons (Fsp3) is 0.917. The van der Waals surface area contributed by atoms with Crippen LogP contribution in [0.3, 0.4) is 0 Å².